The lowest BCUT2D eigenvalue weighted by Crippen LogP contribution is -2.46. The highest BCUT2D eigenvalue weighted by Gasteiger charge is 2.39. The number of nitrogens with one attached hydrogen (secondary N) is 1. The van der Waals surface area contributed by atoms with Crippen molar-refractivity contribution in [2.45, 2.75) is 100 Å². The van der Waals surface area contributed by atoms with Crippen molar-refractivity contribution >= 4 is 11.6 Å². The maximum Gasteiger partial charge on any atom is 0.221 e. The van der Waals surface area contributed by atoms with Gasteiger partial charge in [-0.25, -0.2) is 0 Å². The molecule has 0 spiro atoms. The highest BCUT2D eigenvalue weighted by Crippen LogP contribution is 2.36. The topological polar surface area (TPSA) is 86.3 Å². The van der Waals surface area contributed by atoms with Crippen LogP contribution in [0.25, 0.3) is 0 Å². The average molecular weight is 538 g/mol. The lowest BCUT2D eigenvalue weighted by molar-refractivity contribution is -0.244. The fraction of sp³-hybridized carbons (Fsp3) is 0.774. The Hall–Kier alpha value is -1.51. The number of aliphatic hydroxyl groups excluding tert-OH is 1. The molecule has 2 N–H and O–H groups in total. The fourth-order valence-corrected chi connectivity index (χ4v) is 5.44. The summed E-state index contributed by atoms with van der Waals surface area (Å²) < 4.78 is 22.0. The SMILES string of the molecule is CC(=O)Nc1cc(C)cc(C)c1.CCC1OC(OC)C(C)C(C)C1C.COC1OC(CO)C(C)C(C)C1C. The van der Waals surface area contributed by atoms with Crippen LogP contribution in [0, 0.1) is 49.4 Å². The second-order valence-corrected chi connectivity index (χ2v) is 11.4. The number of benzene rings is 1. The molecule has 1 amide bonds. The van der Waals surface area contributed by atoms with E-state index in [0.29, 0.717) is 41.6 Å². The van der Waals surface area contributed by atoms with Crippen molar-refractivity contribution in [3.63, 3.8) is 0 Å². The zero-order valence-electron chi connectivity index (χ0n) is 25.9. The van der Waals surface area contributed by atoms with Crippen LogP contribution in [0.4, 0.5) is 5.69 Å². The molecule has 2 fully saturated rings. The van der Waals surface area contributed by atoms with E-state index < -0.39 is 0 Å². The number of carbonyl (C=O) groups excluding carboxylic acids is 1. The van der Waals surface area contributed by atoms with Crippen LogP contribution in [0.1, 0.15) is 72.9 Å². The molecule has 0 saturated carbocycles. The van der Waals surface area contributed by atoms with Crippen molar-refractivity contribution in [1.82, 2.24) is 0 Å². The molecule has 7 nitrogen and oxygen atoms in total. The largest absolute Gasteiger partial charge is 0.394 e. The molecule has 1 aromatic carbocycles. The van der Waals surface area contributed by atoms with Gasteiger partial charge in [0.25, 0.3) is 0 Å². The van der Waals surface area contributed by atoms with Crippen LogP contribution in [0.2, 0.25) is 0 Å². The molecule has 2 aliphatic rings. The van der Waals surface area contributed by atoms with Crippen LogP contribution in [0.15, 0.2) is 18.2 Å². The summed E-state index contributed by atoms with van der Waals surface area (Å²) in [4.78, 5) is 10.7. The molecule has 2 aliphatic heterocycles. The first-order valence-electron chi connectivity index (χ1n) is 14.1. The van der Waals surface area contributed by atoms with Gasteiger partial charge in [0.1, 0.15) is 0 Å². The van der Waals surface area contributed by atoms with Gasteiger partial charge in [0.2, 0.25) is 5.91 Å². The van der Waals surface area contributed by atoms with E-state index in [1.54, 1.807) is 14.2 Å². The van der Waals surface area contributed by atoms with Crippen LogP contribution in [0.5, 0.6) is 0 Å². The molecule has 7 heteroatoms. The molecule has 10 atom stereocenters. The van der Waals surface area contributed by atoms with Crippen LogP contribution in [0.3, 0.4) is 0 Å². The van der Waals surface area contributed by atoms with Gasteiger partial charge in [-0.05, 0) is 67.2 Å². The maximum atomic E-state index is 10.7. The third-order valence-corrected chi connectivity index (χ3v) is 8.56. The van der Waals surface area contributed by atoms with Crippen molar-refractivity contribution in [3.8, 4) is 0 Å². The Bertz CT molecular complexity index is 736. The van der Waals surface area contributed by atoms with Crippen molar-refractivity contribution in [2.24, 2.45) is 35.5 Å². The monoisotopic (exact) mass is 537 g/mol. The number of carbonyl (C=O) groups is 1. The minimum Gasteiger partial charge on any atom is -0.394 e. The van der Waals surface area contributed by atoms with Crippen molar-refractivity contribution < 1.29 is 28.8 Å². The Morgan fingerprint density at radius 2 is 1.21 bits per heavy atom. The van der Waals surface area contributed by atoms with Crippen LogP contribution in [-0.4, -0.2) is 56.6 Å². The molecule has 1 aromatic rings. The van der Waals surface area contributed by atoms with E-state index in [9.17, 15) is 4.79 Å². The maximum absolute atomic E-state index is 10.7. The number of aliphatic hydroxyl groups is 1. The summed E-state index contributed by atoms with van der Waals surface area (Å²) in [7, 11) is 3.38. The molecule has 2 heterocycles. The predicted octanol–water partition coefficient (Wildman–Crippen LogP) is 6.20. The second kappa shape index (κ2) is 16.6. The quantitative estimate of drug-likeness (QED) is 0.465. The number of aryl methyl sites for hydroxylation is 2. The number of anilines is 1. The first-order chi connectivity index (χ1) is 17.8. The molecule has 10 unspecified atom stereocenters. The summed E-state index contributed by atoms with van der Waals surface area (Å²) in [6.45, 7) is 21.0. The zero-order valence-corrected chi connectivity index (χ0v) is 25.9. The number of rotatable bonds is 5. The summed E-state index contributed by atoms with van der Waals surface area (Å²) in [5.41, 5.74) is 3.21. The highest BCUT2D eigenvalue weighted by atomic mass is 16.7. The minimum atomic E-state index is -0.164. The van der Waals surface area contributed by atoms with E-state index >= 15 is 0 Å². The van der Waals surface area contributed by atoms with Gasteiger partial charge in [-0.15, -0.1) is 0 Å². The van der Waals surface area contributed by atoms with Crippen LogP contribution >= 0.6 is 0 Å². The molecule has 38 heavy (non-hydrogen) atoms. The van der Waals surface area contributed by atoms with Crippen molar-refractivity contribution in [2.75, 3.05) is 26.1 Å². The second-order valence-electron chi connectivity index (χ2n) is 11.4. The Kier molecular flexibility index (Phi) is 15.0. The van der Waals surface area contributed by atoms with Gasteiger partial charge in [0.05, 0.1) is 18.8 Å². The lowest BCUT2D eigenvalue weighted by atomic mass is 9.78. The summed E-state index contributed by atoms with van der Waals surface area (Å²) in [6, 6.07) is 5.98. The summed E-state index contributed by atoms with van der Waals surface area (Å²) in [5.74, 6) is 3.11. The summed E-state index contributed by atoms with van der Waals surface area (Å²) in [5, 5.41) is 11.8. The molecular formula is C31H55NO6. The van der Waals surface area contributed by atoms with E-state index in [-0.39, 0.29) is 31.2 Å². The van der Waals surface area contributed by atoms with Gasteiger partial charge in [-0.1, -0.05) is 54.5 Å². The molecule has 2 saturated heterocycles. The molecule has 3 rings (SSSR count). The number of amides is 1. The van der Waals surface area contributed by atoms with Crippen LogP contribution in [-0.2, 0) is 23.7 Å². The van der Waals surface area contributed by atoms with E-state index in [4.69, 9.17) is 24.1 Å². The van der Waals surface area contributed by atoms with Gasteiger partial charge < -0.3 is 29.4 Å². The third kappa shape index (κ3) is 9.91. The number of ether oxygens (including phenoxy) is 4. The highest BCUT2D eigenvalue weighted by molar-refractivity contribution is 5.88. The smallest absolute Gasteiger partial charge is 0.221 e. The Morgan fingerprint density at radius 1 is 0.789 bits per heavy atom. The van der Waals surface area contributed by atoms with Crippen molar-refractivity contribution in [3.05, 3.63) is 29.3 Å². The molecule has 0 aromatic heterocycles. The summed E-state index contributed by atoms with van der Waals surface area (Å²) >= 11 is 0. The van der Waals surface area contributed by atoms with Gasteiger partial charge in [-0.3, -0.25) is 4.79 Å². The Balaban J connectivity index is 0.000000285. The molecule has 0 radical (unpaired) electrons. The average Bonchev–Trinajstić information content (AvgIpc) is 2.86. The third-order valence-electron chi connectivity index (χ3n) is 8.56. The fourth-order valence-electron chi connectivity index (χ4n) is 5.44. The number of hydrogen-bond acceptors (Lipinski definition) is 6. The van der Waals surface area contributed by atoms with Gasteiger partial charge in [-0.2, -0.15) is 0 Å². The predicted molar refractivity (Wildman–Crippen MR) is 154 cm³/mol. The van der Waals surface area contributed by atoms with E-state index in [1.165, 1.54) is 18.1 Å². The Morgan fingerprint density at radius 3 is 1.58 bits per heavy atom. The van der Waals surface area contributed by atoms with E-state index in [2.05, 4.69) is 59.8 Å². The molecular weight excluding hydrogens is 482 g/mol. The van der Waals surface area contributed by atoms with Gasteiger partial charge in [0, 0.05) is 38.7 Å². The van der Waals surface area contributed by atoms with E-state index in [1.807, 2.05) is 26.0 Å². The number of hydrogen-bond donors (Lipinski definition) is 2. The Labute approximate surface area is 232 Å². The lowest BCUT2D eigenvalue weighted by Gasteiger charge is -2.42. The standard InChI is InChI=1S/C11H22O2.C10H13NO.C10H20O3/c1-6-10-8(3)7(2)9(4)11(12-5)13-10;1-7-4-8(2)6-10(5-7)11-9(3)12;1-6-7(2)9(5-11)13-10(12-4)8(6)3/h7-11H,6H2,1-5H3;4-6H,1-3H3,(H,11,12);6-11H,5H2,1-4H3. The summed E-state index contributed by atoms with van der Waals surface area (Å²) in [6.07, 6.45) is 1.21. The normalized spacial score (nSPS) is 34.8. The molecule has 0 bridgehead atoms. The molecule has 0 aliphatic carbocycles. The zero-order chi connectivity index (χ0) is 29.2. The first-order valence-corrected chi connectivity index (χ1v) is 14.1. The van der Waals surface area contributed by atoms with Gasteiger partial charge >= 0.3 is 0 Å². The first kappa shape index (κ1) is 34.5. The number of methoxy groups -OCH3 is 2. The van der Waals surface area contributed by atoms with Crippen molar-refractivity contribution in [1.29, 1.82) is 0 Å². The molecule has 220 valence electrons. The van der Waals surface area contributed by atoms with Gasteiger partial charge in [0.15, 0.2) is 12.6 Å². The van der Waals surface area contributed by atoms with Crippen LogP contribution < -0.4 is 5.32 Å². The minimum absolute atomic E-state index is 0.00356. The van der Waals surface area contributed by atoms with E-state index in [0.717, 1.165) is 12.1 Å².